The van der Waals surface area contributed by atoms with E-state index in [1.807, 2.05) is 52.0 Å². The third kappa shape index (κ3) is 6.74. The normalized spacial score (nSPS) is 19.2. The van der Waals surface area contributed by atoms with Gasteiger partial charge in [-0.2, -0.15) is 0 Å². The van der Waals surface area contributed by atoms with E-state index in [2.05, 4.69) is 26.9 Å². The molecule has 0 aromatic carbocycles. The summed E-state index contributed by atoms with van der Waals surface area (Å²) in [5.41, 5.74) is 8.58. The number of nitrogens with zero attached hydrogens (tertiary/aromatic N) is 1. The molecule has 1 fully saturated rings. The Labute approximate surface area is 262 Å². The van der Waals surface area contributed by atoms with Gasteiger partial charge in [-0.05, 0) is 93.5 Å². The van der Waals surface area contributed by atoms with Gasteiger partial charge in [0.2, 0.25) is 5.91 Å². The van der Waals surface area contributed by atoms with Crippen molar-refractivity contribution in [2.45, 2.75) is 60.3 Å². The van der Waals surface area contributed by atoms with E-state index in [0.29, 0.717) is 29.7 Å². The van der Waals surface area contributed by atoms with Crippen LogP contribution in [0.4, 0.5) is 0 Å². The molecule has 10 nitrogen and oxygen atoms in total. The van der Waals surface area contributed by atoms with E-state index < -0.39 is 0 Å². The lowest BCUT2D eigenvalue weighted by Crippen LogP contribution is -2.16. The zero-order valence-corrected chi connectivity index (χ0v) is 26.9. The minimum absolute atomic E-state index is 0.0598. The average Bonchev–Trinajstić information content (AvgIpc) is 3.67. The van der Waals surface area contributed by atoms with Gasteiger partial charge in [-0.3, -0.25) is 19.2 Å². The molecule has 0 radical (unpaired) electrons. The molecule has 4 heterocycles. The highest BCUT2D eigenvalue weighted by Crippen LogP contribution is 2.29. The van der Waals surface area contributed by atoms with Crippen molar-refractivity contribution in [3.63, 3.8) is 0 Å². The highest BCUT2D eigenvalue weighted by molar-refractivity contribution is 6.32. The predicted octanol–water partition coefficient (Wildman–Crippen LogP) is 3.32. The van der Waals surface area contributed by atoms with Gasteiger partial charge in [-0.1, -0.05) is 18.7 Å². The minimum Gasteiger partial charge on any atom is -0.469 e. The van der Waals surface area contributed by atoms with E-state index in [1.54, 1.807) is 13.0 Å². The maximum absolute atomic E-state index is 12.4. The molecular formula is C35H40N4O6. The monoisotopic (exact) mass is 612 g/mol. The van der Waals surface area contributed by atoms with Crippen molar-refractivity contribution in [2.24, 2.45) is 10.9 Å². The van der Waals surface area contributed by atoms with Gasteiger partial charge in [-0.25, -0.2) is 4.99 Å². The van der Waals surface area contributed by atoms with Crippen LogP contribution in [0.5, 0.6) is 0 Å². The molecule has 2 aliphatic rings. The SMILES string of the molecule is C=CC1=C(C)C(=O)N=C1/C=c1/[nH]/c(=C\c2[nH]c(/C=C3\NC(=O)[C@@H](C)\C3=C/C)c(C)c2CCC(=O)OC)c(CCC(=O)OC)c1C. The number of aromatic nitrogens is 2. The number of carbonyl (C=O) groups excluding carboxylic acids is 4. The van der Waals surface area contributed by atoms with Gasteiger partial charge in [0.05, 0.1) is 25.8 Å². The van der Waals surface area contributed by atoms with Crippen LogP contribution in [0.3, 0.4) is 0 Å². The summed E-state index contributed by atoms with van der Waals surface area (Å²) in [4.78, 5) is 60.2. The summed E-state index contributed by atoms with van der Waals surface area (Å²) in [5, 5.41) is 4.46. The van der Waals surface area contributed by atoms with E-state index >= 15 is 0 Å². The molecule has 3 N–H and O–H groups in total. The average molecular weight is 613 g/mol. The molecule has 2 aromatic heterocycles. The molecule has 0 spiro atoms. The smallest absolute Gasteiger partial charge is 0.305 e. The zero-order chi connectivity index (χ0) is 33.0. The quantitative estimate of drug-likeness (QED) is 0.352. The third-order valence-electron chi connectivity index (χ3n) is 8.54. The molecule has 2 amide bonds. The number of allylic oxidation sites excluding steroid dienone is 4. The Hall–Kier alpha value is -4.99. The summed E-state index contributed by atoms with van der Waals surface area (Å²) < 4.78 is 9.81. The first-order chi connectivity index (χ1) is 21.4. The number of rotatable bonds is 10. The maximum atomic E-state index is 12.4. The lowest BCUT2D eigenvalue weighted by molar-refractivity contribution is -0.141. The molecule has 2 aromatic rings. The second-order valence-corrected chi connectivity index (χ2v) is 11.1. The lowest BCUT2D eigenvalue weighted by Gasteiger charge is -2.04. The Morgan fingerprint density at radius 1 is 0.889 bits per heavy atom. The van der Waals surface area contributed by atoms with Crippen molar-refractivity contribution in [1.82, 2.24) is 15.3 Å². The fourth-order valence-electron chi connectivity index (χ4n) is 5.76. The molecule has 0 bridgehead atoms. The number of aromatic amines is 2. The summed E-state index contributed by atoms with van der Waals surface area (Å²) in [7, 11) is 2.72. The van der Waals surface area contributed by atoms with Crippen LogP contribution in [0.1, 0.15) is 67.3 Å². The maximum Gasteiger partial charge on any atom is 0.305 e. The third-order valence-corrected chi connectivity index (χ3v) is 8.54. The van der Waals surface area contributed by atoms with Gasteiger partial charge >= 0.3 is 11.9 Å². The van der Waals surface area contributed by atoms with Crippen molar-refractivity contribution >= 4 is 47.7 Å². The van der Waals surface area contributed by atoms with E-state index in [0.717, 1.165) is 55.6 Å². The molecule has 45 heavy (non-hydrogen) atoms. The van der Waals surface area contributed by atoms with Crippen LogP contribution in [-0.4, -0.2) is 53.7 Å². The molecule has 10 heteroatoms. The minimum atomic E-state index is -0.332. The van der Waals surface area contributed by atoms with E-state index in [9.17, 15) is 19.2 Å². The van der Waals surface area contributed by atoms with Crippen LogP contribution in [0, 0.1) is 19.8 Å². The van der Waals surface area contributed by atoms with Crippen molar-refractivity contribution in [3.05, 3.63) is 85.5 Å². The summed E-state index contributed by atoms with van der Waals surface area (Å²) in [6, 6.07) is 0. The van der Waals surface area contributed by atoms with Crippen molar-refractivity contribution in [1.29, 1.82) is 0 Å². The lowest BCUT2D eigenvalue weighted by atomic mass is 10.00. The number of hydrogen-bond acceptors (Lipinski definition) is 6. The Balaban J connectivity index is 1.92. The molecule has 4 rings (SSSR count). The molecule has 0 saturated carbocycles. The van der Waals surface area contributed by atoms with Crippen LogP contribution in [0.15, 0.2) is 46.1 Å². The highest BCUT2D eigenvalue weighted by atomic mass is 16.5. The van der Waals surface area contributed by atoms with Crippen LogP contribution < -0.4 is 16.0 Å². The van der Waals surface area contributed by atoms with Crippen LogP contribution in [0.2, 0.25) is 0 Å². The van der Waals surface area contributed by atoms with Gasteiger partial charge in [0.15, 0.2) is 0 Å². The number of amides is 2. The number of nitrogens with one attached hydrogen (secondary N) is 3. The molecule has 0 aliphatic carbocycles. The molecule has 2 aliphatic heterocycles. The fraction of sp³-hybridized carbons (Fsp3) is 0.343. The van der Waals surface area contributed by atoms with Crippen LogP contribution in [-0.2, 0) is 41.5 Å². The summed E-state index contributed by atoms with van der Waals surface area (Å²) in [6.45, 7) is 13.3. The van der Waals surface area contributed by atoms with Gasteiger partial charge in [0.25, 0.3) is 5.91 Å². The Kier molecular flexibility index (Phi) is 10.1. The Morgan fingerprint density at radius 2 is 1.53 bits per heavy atom. The predicted molar refractivity (Wildman–Crippen MR) is 173 cm³/mol. The fourth-order valence-corrected chi connectivity index (χ4v) is 5.76. The molecule has 236 valence electrons. The largest absolute Gasteiger partial charge is 0.469 e. The van der Waals surface area contributed by atoms with Gasteiger partial charge in [0, 0.05) is 51.8 Å². The zero-order valence-electron chi connectivity index (χ0n) is 26.9. The van der Waals surface area contributed by atoms with Gasteiger partial charge < -0.3 is 24.8 Å². The van der Waals surface area contributed by atoms with Crippen LogP contribution >= 0.6 is 0 Å². The number of ether oxygens (including phenoxy) is 2. The molecule has 1 saturated heterocycles. The van der Waals surface area contributed by atoms with Crippen molar-refractivity contribution in [3.8, 4) is 0 Å². The second kappa shape index (κ2) is 13.8. The number of esters is 2. The Morgan fingerprint density at radius 3 is 2.13 bits per heavy atom. The Bertz CT molecular complexity index is 1840. The topological polar surface area (TPSA) is 143 Å². The molecule has 1 atom stereocenters. The standard InChI is InChI=1S/C35H40N4O6/c1-9-22-20(5)34(42)38-28(22)15-26-18(3)24(11-13-32(40)44-7)30(36-26)17-31-25(12-14-33(41)45-8)19(4)27(37-31)16-29-23(10-2)21(6)35(43)39-29/h9-10,15-17,21,36-37H,1,11-14H2,2-8H3,(H,39,43)/b23-10+,26-15+,29-16-,30-17-/t21-/m0/s1. The van der Waals surface area contributed by atoms with Crippen LogP contribution in [0.25, 0.3) is 18.2 Å². The summed E-state index contributed by atoms with van der Waals surface area (Å²) in [6.07, 6.45) is 10.4. The first-order valence-corrected chi connectivity index (χ1v) is 14.9. The number of carbonyl (C=O) groups is 4. The summed E-state index contributed by atoms with van der Waals surface area (Å²) in [5.74, 6) is -1.27. The van der Waals surface area contributed by atoms with Crippen molar-refractivity contribution < 1.29 is 28.7 Å². The highest BCUT2D eigenvalue weighted by Gasteiger charge is 2.29. The summed E-state index contributed by atoms with van der Waals surface area (Å²) >= 11 is 0. The van der Waals surface area contributed by atoms with E-state index in [1.165, 1.54) is 14.2 Å². The van der Waals surface area contributed by atoms with Crippen molar-refractivity contribution in [2.75, 3.05) is 14.2 Å². The first kappa shape index (κ1) is 32.9. The first-order valence-electron chi connectivity index (χ1n) is 14.9. The number of aliphatic imine (C=N–C) groups is 1. The van der Waals surface area contributed by atoms with E-state index in [4.69, 9.17) is 9.47 Å². The molecular weight excluding hydrogens is 572 g/mol. The number of hydrogen-bond donors (Lipinski definition) is 3. The second-order valence-electron chi connectivity index (χ2n) is 11.1. The molecule has 0 unspecified atom stereocenters. The van der Waals surface area contributed by atoms with Gasteiger partial charge in [0.1, 0.15) is 0 Å². The van der Waals surface area contributed by atoms with Gasteiger partial charge in [-0.15, -0.1) is 0 Å². The number of methoxy groups -OCH3 is 2. The number of H-pyrrole nitrogens is 2. The van der Waals surface area contributed by atoms with E-state index in [-0.39, 0.29) is 42.5 Å².